The van der Waals surface area contributed by atoms with Crippen LogP contribution in [0.1, 0.15) is 44.3 Å². The van der Waals surface area contributed by atoms with Gasteiger partial charge in [-0.15, -0.1) is 0 Å². The quantitative estimate of drug-likeness (QED) is 0.212. The van der Waals surface area contributed by atoms with E-state index in [4.69, 9.17) is 33.0 Å². The van der Waals surface area contributed by atoms with Crippen molar-refractivity contribution >= 4 is 58.0 Å². The number of pyridine rings is 1. The Labute approximate surface area is 248 Å². The number of nitrogens with one attached hydrogen (secondary N) is 2. The molecule has 0 spiro atoms. The van der Waals surface area contributed by atoms with Gasteiger partial charge in [0.25, 0.3) is 0 Å². The molecule has 0 unspecified atom stereocenters. The molecule has 2 aromatic heterocycles. The number of rotatable bonds is 7. The van der Waals surface area contributed by atoms with E-state index in [1.807, 2.05) is 98.5 Å². The van der Waals surface area contributed by atoms with Crippen LogP contribution in [0.15, 0.2) is 93.4 Å². The zero-order chi connectivity index (χ0) is 28.4. The SMILES string of the molecule is COc1cc(N2C(=S)N[C@@H](c3ccccn3)[C@@H]2c2ccc(Sc3ccc(Cl)cc3)o2)ccc1NC(=O)C(C)(C)C. The Balaban J connectivity index is 1.51. The van der Waals surface area contributed by atoms with Crippen molar-refractivity contribution in [2.75, 3.05) is 17.3 Å². The zero-order valence-electron chi connectivity index (χ0n) is 22.5. The number of nitrogens with zero attached hydrogens (tertiary/aromatic N) is 2. The minimum Gasteiger partial charge on any atom is -0.494 e. The maximum atomic E-state index is 12.6. The van der Waals surface area contributed by atoms with Gasteiger partial charge >= 0.3 is 0 Å². The Morgan fingerprint density at radius 2 is 1.90 bits per heavy atom. The van der Waals surface area contributed by atoms with Crippen LogP contribution in [0.25, 0.3) is 0 Å². The predicted molar refractivity (Wildman–Crippen MR) is 163 cm³/mol. The van der Waals surface area contributed by atoms with Gasteiger partial charge in [-0.25, -0.2) is 0 Å². The second kappa shape index (κ2) is 11.5. The number of ether oxygens (including phenoxy) is 1. The van der Waals surface area contributed by atoms with Crippen molar-refractivity contribution < 1.29 is 13.9 Å². The van der Waals surface area contributed by atoms with Crippen molar-refractivity contribution in [3.05, 3.63) is 95.5 Å². The smallest absolute Gasteiger partial charge is 0.229 e. The van der Waals surface area contributed by atoms with Crippen LogP contribution in [0, 0.1) is 5.41 Å². The Kier molecular flexibility index (Phi) is 8.07. The summed E-state index contributed by atoms with van der Waals surface area (Å²) in [6.07, 6.45) is 1.76. The lowest BCUT2D eigenvalue weighted by atomic mass is 9.95. The summed E-state index contributed by atoms with van der Waals surface area (Å²) in [5.41, 5.74) is 1.66. The lowest BCUT2D eigenvalue weighted by Crippen LogP contribution is -2.30. The maximum absolute atomic E-state index is 12.6. The number of carbonyl (C=O) groups is 1. The van der Waals surface area contributed by atoms with Crippen molar-refractivity contribution in [2.24, 2.45) is 5.41 Å². The van der Waals surface area contributed by atoms with Gasteiger partial charge in [-0.05, 0) is 72.9 Å². The fraction of sp³-hybridized carbons (Fsp3) is 0.233. The Morgan fingerprint density at radius 1 is 1.12 bits per heavy atom. The zero-order valence-corrected chi connectivity index (χ0v) is 24.9. The maximum Gasteiger partial charge on any atom is 0.229 e. The van der Waals surface area contributed by atoms with E-state index in [2.05, 4.69) is 15.6 Å². The van der Waals surface area contributed by atoms with E-state index in [0.717, 1.165) is 27.1 Å². The molecule has 1 aliphatic heterocycles. The van der Waals surface area contributed by atoms with Crippen LogP contribution in [0.3, 0.4) is 0 Å². The van der Waals surface area contributed by atoms with Crippen molar-refractivity contribution in [1.29, 1.82) is 0 Å². The number of amides is 1. The molecule has 1 saturated heterocycles. The topological polar surface area (TPSA) is 79.6 Å². The summed E-state index contributed by atoms with van der Waals surface area (Å²) in [4.78, 5) is 20.3. The third-order valence-electron chi connectivity index (χ3n) is 6.42. The molecule has 3 heterocycles. The predicted octanol–water partition coefficient (Wildman–Crippen LogP) is 7.65. The van der Waals surface area contributed by atoms with Gasteiger partial charge < -0.3 is 24.7 Å². The van der Waals surface area contributed by atoms with Gasteiger partial charge in [0, 0.05) is 33.3 Å². The summed E-state index contributed by atoms with van der Waals surface area (Å²) in [6, 6.07) is 22.4. The third-order valence-corrected chi connectivity index (χ3v) is 7.91. The third kappa shape index (κ3) is 5.96. The number of hydrogen-bond donors (Lipinski definition) is 2. The highest BCUT2D eigenvalue weighted by molar-refractivity contribution is 7.99. The molecule has 5 rings (SSSR count). The fourth-order valence-electron chi connectivity index (χ4n) is 4.33. The number of aromatic nitrogens is 1. The van der Waals surface area contributed by atoms with E-state index in [-0.39, 0.29) is 18.0 Å². The van der Waals surface area contributed by atoms with E-state index in [0.29, 0.717) is 21.6 Å². The molecule has 10 heteroatoms. The molecular weight excluding hydrogens is 564 g/mol. The first kappa shape index (κ1) is 28.0. The van der Waals surface area contributed by atoms with Gasteiger partial charge in [-0.3, -0.25) is 9.78 Å². The molecule has 0 radical (unpaired) electrons. The normalized spacial score (nSPS) is 17.0. The minimum atomic E-state index is -0.549. The number of furan rings is 1. The molecule has 1 amide bonds. The highest BCUT2D eigenvalue weighted by Gasteiger charge is 2.43. The Bertz CT molecular complexity index is 1520. The molecule has 7 nitrogen and oxygen atoms in total. The number of thiocarbonyl (C=S) groups is 1. The Hall–Kier alpha value is -3.53. The van der Waals surface area contributed by atoms with Crippen molar-refractivity contribution in [2.45, 2.75) is 42.8 Å². The minimum absolute atomic E-state index is 0.105. The summed E-state index contributed by atoms with van der Waals surface area (Å²) in [7, 11) is 1.58. The van der Waals surface area contributed by atoms with Gasteiger partial charge in [0.15, 0.2) is 10.2 Å². The van der Waals surface area contributed by atoms with Gasteiger partial charge in [0.2, 0.25) is 5.91 Å². The van der Waals surface area contributed by atoms with Crippen LogP contribution < -0.4 is 20.3 Å². The standard InChI is InChI=1S/C30H29ClN4O3S2/c1-30(2,3)28(36)33-21-13-10-19(17-24(21)37-4)35-27(26(34-29(35)39)22-7-5-6-16-32-22)23-14-15-25(38-23)40-20-11-8-18(31)9-12-20/h5-17,26-27H,1-4H3,(H,33,36)(H,34,39)/t26-,27-/m0/s1. The number of hydrogen-bond acceptors (Lipinski definition) is 6. The summed E-state index contributed by atoms with van der Waals surface area (Å²) in [5, 5.41) is 8.36. The number of carbonyl (C=O) groups excluding carboxylic acids is 1. The van der Waals surface area contributed by atoms with E-state index in [1.165, 1.54) is 11.8 Å². The second-order valence-corrected chi connectivity index (χ2v) is 12.2. The fourth-order valence-corrected chi connectivity index (χ4v) is 5.58. The highest BCUT2D eigenvalue weighted by Crippen LogP contribution is 2.45. The van der Waals surface area contributed by atoms with Crippen LogP contribution in [0.5, 0.6) is 5.75 Å². The monoisotopic (exact) mass is 592 g/mol. The summed E-state index contributed by atoms with van der Waals surface area (Å²) in [5.74, 6) is 1.14. The van der Waals surface area contributed by atoms with Gasteiger partial charge in [-0.1, -0.05) is 50.2 Å². The van der Waals surface area contributed by atoms with Gasteiger partial charge in [-0.2, -0.15) is 0 Å². The van der Waals surface area contributed by atoms with Crippen molar-refractivity contribution in [3.63, 3.8) is 0 Å². The molecule has 2 N–H and O–H groups in total. The van der Waals surface area contributed by atoms with Gasteiger partial charge in [0.05, 0.1) is 24.5 Å². The first-order valence-electron chi connectivity index (χ1n) is 12.7. The van der Waals surface area contributed by atoms with Crippen LogP contribution >= 0.6 is 35.6 Å². The second-order valence-electron chi connectivity index (χ2n) is 10.3. The van der Waals surface area contributed by atoms with Crippen LogP contribution in [-0.2, 0) is 4.79 Å². The molecule has 206 valence electrons. The largest absolute Gasteiger partial charge is 0.494 e. The van der Waals surface area contributed by atoms with E-state index < -0.39 is 5.41 Å². The molecular formula is C30H29ClN4O3S2. The molecule has 2 atom stereocenters. The molecule has 1 fully saturated rings. The molecule has 1 aliphatic rings. The number of benzene rings is 2. The van der Waals surface area contributed by atoms with Crippen LogP contribution in [-0.4, -0.2) is 23.1 Å². The van der Waals surface area contributed by atoms with Gasteiger partial charge in [0.1, 0.15) is 17.6 Å². The van der Waals surface area contributed by atoms with E-state index in [1.54, 1.807) is 13.3 Å². The number of methoxy groups -OCH3 is 1. The summed E-state index contributed by atoms with van der Waals surface area (Å²) in [6.45, 7) is 5.59. The average Bonchev–Trinajstić information content (AvgIpc) is 3.54. The van der Waals surface area contributed by atoms with E-state index >= 15 is 0 Å². The molecule has 0 bridgehead atoms. The molecule has 0 saturated carbocycles. The van der Waals surface area contributed by atoms with E-state index in [9.17, 15) is 4.79 Å². The number of halogens is 1. The summed E-state index contributed by atoms with van der Waals surface area (Å²) < 4.78 is 12.1. The lowest BCUT2D eigenvalue weighted by Gasteiger charge is -2.27. The molecule has 2 aromatic carbocycles. The molecule has 4 aromatic rings. The summed E-state index contributed by atoms with van der Waals surface area (Å²) >= 11 is 13.4. The lowest BCUT2D eigenvalue weighted by molar-refractivity contribution is -0.123. The van der Waals surface area contributed by atoms with Crippen LogP contribution in [0.4, 0.5) is 11.4 Å². The highest BCUT2D eigenvalue weighted by atomic mass is 35.5. The first-order chi connectivity index (χ1) is 19.1. The molecule has 0 aliphatic carbocycles. The van der Waals surface area contributed by atoms with Crippen molar-refractivity contribution in [3.8, 4) is 5.75 Å². The Morgan fingerprint density at radius 3 is 2.58 bits per heavy atom. The van der Waals surface area contributed by atoms with Crippen molar-refractivity contribution in [1.82, 2.24) is 10.3 Å². The average molecular weight is 593 g/mol. The molecule has 40 heavy (non-hydrogen) atoms. The number of anilines is 2. The first-order valence-corrected chi connectivity index (χ1v) is 14.3. The van der Waals surface area contributed by atoms with Crippen LogP contribution in [0.2, 0.25) is 5.02 Å².